The lowest BCUT2D eigenvalue weighted by Crippen LogP contribution is -2.39. The fraction of sp³-hybridized carbons (Fsp3) is 0.333. The summed E-state index contributed by atoms with van der Waals surface area (Å²) in [5, 5.41) is 8.32. The van der Waals surface area contributed by atoms with E-state index in [1.165, 1.54) is 11.8 Å². The van der Waals surface area contributed by atoms with Gasteiger partial charge in [0.1, 0.15) is 0 Å². The Hall–Kier alpha value is -1.20. The van der Waals surface area contributed by atoms with Crippen molar-refractivity contribution < 1.29 is 4.79 Å². The van der Waals surface area contributed by atoms with Gasteiger partial charge in [-0.2, -0.15) is 0 Å². The number of thioether (sulfide) groups is 1. The lowest BCUT2D eigenvalue weighted by Gasteiger charge is -2.20. The van der Waals surface area contributed by atoms with Crippen LogP contribution in [0.3, 0.4) is 0 Å². The van der Waals surface area contributed by atoms with Crippen molar-refractivity contribution in [1.29, 1.82) is 5.41 Å². The standard InChI is InChI=1S/C10H12ClN3OS.C2H6/c1-2-16-10(13)14(9(12)15)8-5-3-4-7(11)6-8;1-2/h3-6,13H,2H2,1H3,(H2,12,15);1-2H3. The zero-order valence-electron chi connectivity index (χ0n) is 10.7. The van der Waals surface area contributed by atoms with Crippen LogP contribution in [0.4, 0.5) is 10.5 Å². The van der Waals surface area contributed by atoms with Gasteiger partial charge in [0.15, 0.2) is 5.17 Å². The van der Waals surface area contributed by atoms with Gasteiger partial charge >= 0.3 is 6.03 Å². The van der Waals surface area contributed by atoms with Crippen molar-refractivity contribution in [2.45, 2.75) is 20.8 Å². The van der Waals surface area contributed by atoms with Crippen molar-refractivity contribution in [1.82, 2.24) is 0 Å². The molecule has 6 heteroatoms. The highest BCUT2D eigenvalue weighted by atomic mass is 35.5. The molecule has 1 aromatic rings. The van der Waals surface area contributed by atoms with E-state index in [1.807, 2.05) is 20.8 Å². The van der Waals surface area contributed by atoms with E-state index in [1.54, 1.807) is 24.3 Å². The maximum absolute atomic E-state index is 11.3. The van der Waals surface area contributed by atoms with Crippen molar-refractivity contribution in [2.75, 3.05) is 10.7 Å². The van der Waals surface area contributed by atoms with Gasteiger partial charge in [0.05, 0.1) is 5.69 Å². The van der Waals surface area contributed by atoms with Crippen LogP contribution in [0, 0.1) is 5.41 Å². The first-order chi connectivity index (χ1) is 8.56. The third-order valence-electron chi connectivity index (χ3n) is 1.77. The molecule has 0 atom stereocenters. The molecular weight excluding hydrogens is 270 g/mol. The highest BCUT2D eigenvalue weighted by Crippen LogP contribution is 2.22. The molecule has 1 aromatic carbocycles. The van der Waals surface area contributed by atoms with Crippen LogP contribution in [-0.4, -0.2) is 17.0 Å². The van der Waals surface area contributed by atoms with Crippen LogP contribution in [0.1, 0.15) is 20.8 Å². The Morgan fingerprint density at radius 3 is 2.56 bits per heavy atom. The molecule has 0 radical (unpaired) electrons. The predicted molar refractivity (Wildman–Crippen MR) is 80.7 cm³/mol. The Kier molecular flexibility index (Phi) is 8.24. The molecule has 0 aliphatic rings. The molecule has 3 N–H and O–H groups in total. The number of primary amides is 1. The van der Waals surface area contributed by atoms with Gasteiger partial charge in [0, 0.05) is 5.02 Å². The van der Waals surface area contributed by atoms with Crippen LogP contribution >= 0.6 is 23.4 Å². The number of amides is 2. The van der Waals surface area contributed by atoms with Crippen LogP contribution in [0.25, 0.3) is 0 Å². The fourth-order valence-corrected chi connectivity index (χ4v) is 1.94. The zero-order valence-corrected chi connectivity index (χ0v) is 12.3. The Bertz CT molecular complexity index is 412. The molecule has 4 nitrogen and oxygen atoms in total. The topological polar surface area (TPSA) is 70.2 Å². The van der Waals surface area contributed by atoms with E-state index in [2.05, 4.69) is 0 Å². The normalized spacial score (nSPS) is 9.11. The van der Waals surface area contributed by atoms with Crippen molar-refractivity contribution in [2.24, 2.45) is 5.73 Å². The number of benzene rings is 1. The maximum Gasteiger partial charge on any atom is 0.325 e. The number of nitrogens with two attached hydrogens (primary N) is 1. The summed E-state index contributed by atoms with van der Waals surface area (Å²) in [5.74, 6) is 0.698. The van der Waals surface area contributed by atoms with E-state index in [-0.39, 0.29) is 5.17 Å². The average Bonchev–Trinajstić information content (AvgIpc) is 2.31. The molecule has 0 aliphatic carbocycles. The van der Waals surface area contributed by atoms with Gasteiger partial charge < -0.3 is 5.73 Å². The van der Waals surface area contributed by atoms with E-state index in [4.69, 9.17) is 22.7 Å². The first kappa shape index (κ1) is 16.8. The van der Waals surface area contributed by atoms with Gasteiger partial charge in [-0.15, -0.1) is 0 Å². The summed E-state index contributed by atoms with van der Waals surface area (Å²) in [7, 11) is 0. The van der Waals surface area contributed by atoms with Gasteiger partial charge in [0.25, 0.3) is 0 Å². The molecule has 0 heterocycles. The number of rotatable bonds is 2. The van der Waals surface area contributed by atoms with E-state index >= 15 is 0 Å². The summed E-state index contributed by atoms with van der Waals surface area (Å²) in [6.45, 7) is 5.90. The van der Waals surface area contributed by atoms with Gasteiger partial charge in [0.2, 0.25) is 0 Å². The highest BCUT2D eigenvalue weighted by molar-refractivity contribution is 8.14. The Morgan fingerprint density at radius 1 is 1.50 bits per heavy atom. The van der Waals surface area contributed by atoms with Crippen molar-refractivity contribution in [3.05, 3.63) is 29.3 Å². The third kappa shape index (κ3) is 4.98. The second-order valence-electron chi connectivity index (χ2n) is 2.89. The van der Waals surface area contributed by atoms with E-state index < -0.39 is 6.03 Å². The number of amidine groups is 1. The van der Waals surface area contributed by atoms with E-state index in [9.17, 15) is 4.79 Å². The Labute approximate surface area is 117 Å². The van der Waals surface area contributed by atoms with Crippen molar-refractivity contribution in [3.8, 4) is 0 Å². The number of hydrogen-bond donors (Lipinski definition) is 2. The number of carbonyl (C=O) groups is 1. The zero-order chi connectivity index (χ0) is 14.1. The number of nitrogens with zero attached hydrogens (tertiary/aromatic N) is 1. The van der Waals surface area contributed by atoms with E-state index in [0.717, 1.165) is 4.90 Å². The monoisotopic (exact) mass is 287 g/mol. The van der Waals surface area contributed by atoms with Gasteiger partial charge in [-0.05, 0) is 24.0 Å². The summed E-state index contributed by atoms with van der Waals surface area (Å²) >= 11 is 7.05. The predicted octanol–water partition coefficient (Wildman–Crippen LogP) is 3.94. The molecule has 0 saturated heterocycles. The number of urea groups is 1. The molecule has 18 heavy (non-hydrogen) atoms. The quantitative estimate of drug-likeness (QED) is 0.639. The number of anilines is 1. The molecule has 0 unspecified atom stereocenters. The first-order valence-electron chi connectivity index (χ1n) is 5.62. The molecule has 100 valence electrons. The minimum atomic E-state index is -0.687. The fourth-order valence-electron chi connectivity index (χ4n) is 1.16. The molecule has 0 saturated carbocycles. The molecule has 0 bridgehead atoms. The Morgan fingerprint density at radius 2 is 2.11 bits per heavy atom. The summed E-state index contributed by atoms with van der Waals surface area (Å²) in [5.41, 5.74) is 5.75. The molecule has 0 aliphatic heterocycles. The average molecular weight is 288 g/mol. The van der Waals surface area contributed by atoms with Crippen molar-refractivity contribution in [3.63, 3.8) is 0 Å². The summed E-state index contributed by atoms with van der Waals surface area (Å²) in [6, 6.07) is 5.99. The molecular formula is C12H18ClN3OS. The number of nitrogens with one attached hydrogen (secondary N) is 1. The first-order valence-corrected chi connectivity index (χ1v) is 6.99. The van der Waals surface area contributed by atoms with Crippen LogP contribution in [0.2, 0.25) is 5.02 Å². The second kappa shape index (κ2) is 8.83. The van der Waals surface area contributed by atoms with Crippen LogP contribution < -0.4 is 10.6 Å². The highest BCUT2D eigenvalue weighted by Gasteiger charge is 2.17. The van der Waals surface area contributed by atoms with Crippen molar-refractivity contribution >= 4 is 40.2 Å². The van der Waals surface area contributed by atoms with Crippen LogP contribution in [0.5, 0.6) is 0 Å². The molecule has 0 fully saturated rings. The smallest absolute Gasteiger partial charge is 0.325 e. The Balaban J connectivity index is 0.00000137. The van der Waals surface area contributed by atoms with E-state index in [0.29, 0.717) is 16.5 Å². The summed E-state index contributed by atoms with van der Waals surface area (Å²) in [6.07, 6.45) is 0. The second-order valence-corrected chi connectivity index (χ2v) is 4.58. The van der Waals surface area contributed by atoms with Crippen LogP contribution in [-0.2, 0) is 0 Å². The lowest BCUT2D eigenvalue weighted by atomic mass is 10.3. The van der Waals surface area contributed by atoms with Gasteiger partial charge in [-0.25, -0.2) is 9.69 Å². The summed E-state index contributed by atoms with van der Waals surface area (Å²) < 4.78 is 0. The number of carbonyl (C=O) groups excluding carboxylic acids is 1. The third-order valence-corrected chi connectivity index (χ3v) is 2.75. The molecule has 1 rings (SSSR count). The van der Waals surface area contributed by atoms with Gasteiger partial charge in [-0.1, -0.05) is 50.2 Å². The number of halogens is 1. The molecule has 0 aromatic heterocycles. The largest absolute Gasteiger partial charge is 0.351 e. The van der Waals surface area contributed by atoms with Crippen LogP contribution in [0.15, 0.2) is 24.3 Å². The molecule has 0 spiro atoms. The number of hydrogen-bond acceptors (Lipinski definition) is 3. The molecule has 2 amide bonds. The minimum Gasteiger partial charge on any atom is -0.351 e. The minimum absolute atomic E-state index is 0.0947. The summed E-state index contributed by atoms with van der Waals surface area (Å²) in [4.78, 5) is 12.4. The van der Waals surface area contributed by atoms with Gasteiger partial charge in [-0.3, -0.25) is 5.41 Å². The SMILES string of the molecule is CC.CCSC(=N)N(C(N)=O)c1cccc(Cl)c1. The maximum atomic E-state index is 11.3. The lowest BCUT2D eigenvalue weighted by molar-refractivity contribution is 0.256.